The highest BCUT2D eigenvalue weighted by atomic mass is 15.2. The summed E-state index contributed by atoms with van der Waals surface area (Å²) in [6, 6.07) is 2.53. The Morgan fingerprint density at radius 2 is 2.06 bits per heavy atom. The number of piperidine rings is 1. The van der Waals surface area contributed by atoms with Gasteiger partial charge in [0, 0.05) is 30.9 Å². The number of anilines is 1. The normalized spacial score (nSPS) is 19.6. The van der Waals surface area contributed by atoms with Crippen LogP contribution in [0.2, 0.25) is 0 Å². The zero-order valence-corrected chi connectivity index (χ0v) is 11.0. The second-order valence-corrected chi connectivity index (χ2v) is 5.41. The topological polar surface area (TPSA) is 41.0 Å². The first kappa shape index (κ1) is 12.3. The Morgan fingerprint density at radius 1 is 1.35 bits per heavy atom. The molecule has 1 N–H and O–H groups in total. The van der Waals surface area contributed by atoms with E-state index in [0.29, 0.717) is 6.04 Å². The molecule has 0 bridgehead atoms. The predicted octanol–water partition coefficient (Wildman–Crippen LogP) is 1.83. The van der Waals surface area contributed by atoms with Crippen LogP contribution < -0.4 is 10.2 Å². The van der Waals surface area contributed by atoms with Crippen LogP contribution in [0.3, 0.4) is 0 Å². The Balaban J connectivity index is 1.94. The first-order chi connectivity index (χ1) is 8.09. The molecule has 0 aliphatic carbocycles. The van der Waals surface area contributed by atoms with Crippen molar-refractivity contribution in [2.75, 3.05) is 18.0 Å². The van der Waals surface area contributed by atoms with E-state index in [-0.39, 0.29) is 5.54 Å². The van der Waals surface area contributed by atoms with E-state index in [1.807, 2.05) is 12.3 Å². The summed E-state index contributed by atoms with van der Waals surface area (Å²) in [5.41, 5.74) is 0.275. The second-order valence-electron chi connectivity index (χ2n) is 5.41. The quantitative estimate of drug-likeness (QED) is 0.866. The third-order valence-electron chi connectivity index (χ3n) is 3.39. The van der Waals surface area contributed by atoms with Crippen molar-refractivity contribution in [3.05, 3.63) is 18.6 Å². The molecular formula is C13H22N4. The molecule has 0 radical (unpaired) electrons. The minimum Gasteiger partial charge on any atom is -0.356 e. The highest BCUT2D eigenvalue weighted by Crippen LogP contribution is 2.24. The highest BCUT2D eigenvalue weighted by molar-refractivity contribution is 5.37. The molecule has 1 aromatic rings. The molecule has 0 amide bonds. The molecule has 17 heavy (non-hydrogen) atoms. The molecule has 0 aromatic carbocycles. The maximum atomic E-state index is 4.31. The molecule has 2 heterocycles. The molecule has 2 rings (SSSR count). The number of aromatic nitrogens is 2. The van der Waals surface area contributed by atoms with Gasteiger partial charge in [-0.3, -0.25) is 0 Å². The fraction of sp³-hybridized carbons (Fsp3) is 0.692. The summed E-state index contributed by atoms with van der Waals surface area (Å²) >= 11 is 0. The van der Waals surface area contributed by atoms with Crippen molar-refractivity contribution >= 4 is 5.82 Å². The Morgan fingerprint density at radius 3 is 2.59 bits per heavy atom. The lowest BCUT2D eigenvalue weighted by Crippen LogP contribution is -2.53. The van der Waals surface area contributed by atoms with Gasteiger partial charge in [0.1, 0.15) is 12.1 Å². The van der Waals surface area contributed by atoms with Gasteiger partial charge in [0.2, 0.25) is 0 Å². The lowest BCUT2D eigenvalue weighted by Gasteiger charge is -2.41. The molecular weight excluding hydrogens is 212 g/mol. The standard InChI is InChI=1S/C13H22N4/c1-11(2)16-13(3)5-8-17(9-6-13)12-4-7-14-10-15-12/h4,7,10-11,16H,5-6,8-9H2,1-3H3. The fourth-order valence-electron chi connectivity index (χ4n) is 2.54. The van der Waals surface area contributed by atoms with Gasteiger partial charge in [-0.25, -0.2) is 9.97 Å². The van der Waals surface area contributed by atoms with E-state index in [2.05, 4.69) is 41.0 Å². The van der Waals surface area contributed by atoms with Gasteiger partial charge in [-0.1, -0.05) is 13.8 Å². The molecule has 1 aliphatic heterocycles. The van der Waals surface area contributed by atoms with Gasteiger partial charge in [0.05, 0.1) is 0 Å². The highest BCUT2D eigenvalue weighted by Gasteiger charge is 2.30. The van der Waals surface area contributed by atoms with Gasteiger partial charge in [0.15, 0.2) is 0 Å². The van der Waals surface area contributed by atoms with E-state index >= 15 is 0 Å². The van der Waals surface area contributed by atoms with Gasteiger partial charge in [0.25, 0.3) is 0 Å². The molecule has 1 saturated heterocycles. The van der Waals surface area contributed by atoms with Gasteiger partial charge in [-0.2, -0.15) is 0 Å². The van der Waals surface area contributed by atoms with Crippen molar-refractivity contribution in [2.24, 2.45) is 0 Å². The average molecular weight is 234 g/mol. The Hall–Kier alpha value is -1.16. The van der Waals surface area contributed by atoms with Crippen molar-refractivity contribution in [3.63, 3.8) is 0 Å². The summed E-state index contributed by atoms with van der Waals surface area (Å²) in [5.74, 6) is 1.05. The van der Waals surface area contributed by atoms with Crippen molar-refractivity contribution < 1.29 is 0 Å². The number of nitrogens with zero attached hydrogens (tertiary/aromatic N) is 3. The van der Waals surface area contributed by atoms with Crippen molar-refractivity contribution in [2.45, 2.75) is 45.2 Å². The molecule has 94 valence electrons. The summed E-state index contributed by atoms with van der Waals surface area (Å²) in [7, 11) is 0. The van der Waals surface area contributed by atoms with Crippen LogP contribution in [-0.4, -0.2) is 34.6 Å². The van der Waals surface area contributed by atoms with E-state index in [1.54, 1.807) is 6.33 Å². The van der Waals surface area contributed by atoms with E-state index in [0.717, 1.165) is 31.7 Å². The monoisotopic (exact) mass is 234 g/mol. The molecule has 0 unspecified atom stereocenters. The summed E-state index contributed by atoms with van der Waals surface area (Å²) in [5, 5.41) is 3.67. The summed E-state index contributed by atoms with van der Waals surface area (Å²) in [6.07, 6.45) is 5.75. The first-order valence-corrected chi connectivity index (χ1v) is 6.38. The SMILES string of the molecule is CC(C)NC1(C)CCN(c2ccncn2)CC1. The van der Waals surface area contributed by atoms with E-state index < -0.39 is 0 Å². The van der Waals surface area contributed by atoms with E-state index in [9.17, 15) is 0 Å². The maximum absolute atomic E-state index is 4.31. The number of hydrogen-bond acceptors (Lipinski definition) is 4. The molecule has 4 heteroatoms. The predicted molar refractivity (Wildman–Crippen MR) is 70.2 cm³/mol. The molecule has 1 aliphatic rings. The second kappa shape index (κ2) is 5.00. The van der Waals surface area contributed by atoms with Crippen LogP contribution in [0, 0.1) is 0 Å². The maximum Gasteiger partial charge on any atom is 0.131 e. The smallest absolute Gasteiger partial charge is 0.131 e. The van der Waals surface area contributed by atoms with Gasteiger partial charge >= 0.3 is 0 Å². The van der Waals surface area contributed by atoms with E-state index in [4.69, 9.17) is 0 Å². The first-order valence-electron chi connectivity index (χ1n) is 6.38. The van der Waals surface area contributed by atoms with Crippen LogP contribution >= 0.6 is 0 Å². The lowest BCUT2D eigenvalue weighted by atomic mass is 9.89. The third kappa shape index (κ3) is 3.16. The summed E-state index contributed by atoms with van der Waals surface area (Å²) < 4.78 is 0. The lowest BCUT2D eigenvalue weighted by molar-refractivity contribution is 0.264. The molecule has 0 spiro atoms. The molecule has 0 saturated carbocycles. The summed E-state index contributed by atoms with van der Waals surface area (Å²) in [4.78, 5) is 10.6. The third-order valence-corrected chi connectivity index (χ3v) is 3.39. The van der Waals surface area contributed by atoms with Crippen molar-refractivity contribution in [1.29, 1.82) is 0 Å². The van der Waals surface area contributed by atoms with Crippen LogP contribution in [-0.2, 0) is 0 Å². The van der Waals surface area contributed by atoms with Crippen molar-refractivity contribution in [1.82, 2.24) is 15.3 Å². The van der Waals surface area contributed by atoms with Gasteiger partial charge in [-0.05, 0) is 25.8 Å². The minimum absolute atomic E-state index is 0.275. The molecule has 1 fully saturated rings. The van der Waals surface area contributed by atoms with Crippen molar-refractivity contribution in [3.8, 4) is 0 Å². The van der Waals surface area contributed by atoms with E-state index in [1.165, 1.54) is 0 Å². The van der Waals surface area contributed by atoms with Crippen LogP contribution in [0.15, 0.2) is 18.6 Å². The van der Waals surface area contributed by atoms with Crippen LogP contribution in [0.1, 0.15) is 33.6 Å². The largest absolute Gasteiger partial charge is 0.356 e. The molecule has 1 aromatic heterocycles. The Bertz CT molecular complexity index is 342. The zero-order valence-electron chi connectivity index (χ0n) is 11.0. The summed E-state index contributed by atoms with van der Waals surface area (Å²) in [6.45, 7) is 8.87. The number of rotatable bonds is 3. The average Bonchev–Trinajstić information content (AvgIpc) is 2.29. The number of nitrogens with one attached hydrogen (secondary N) is 1. The minimum atomic E-state index is 0.275. The zero-order chi connectivity index (χ0) is 12.3. The number of hydrogen-bond donors (Lipinski definition) is 1. The fourth-order valence-corrected chi connectivity index (χ4v) is 2.54. The van der Waals surface area contributed by atoms with Gasteiger partial charge in [-0.15, -0.1) is 0 Å². The molecule has 0 atom stereocenters. The van der Waals surface area contributed by atoms with Crippen LogP contribution in [0.5, 0.6) is 0 Å². The van der Waals surface area contributed by atoms with Crippen LogP contribution in [0.4, 0.5) is 5.82 Å². The van der Waals surface area contributed by atoms with Gasteiger partial charge < -0.3 is 10.2 Å². The molecule has 4 nitrogen and oxygen atoms in total. The van der Waals surface area contributed by atoms with Crippen LogP contribution in [0.25, 0.3) is 0 Å². The Kier molecular flexibility index (Phi) is 3.62. The Labute approximate surface area is 103 Å².